The number of morpholine rings is 1. The molecule has 182 valence electrons. The Morgan fingerprint density at radius 3 is 2.47 bits per heavy atom. The summed E-state index contributed by atoms with van der Waals surface area (Å²) in [6.45, 7) is 10.3. The number of hydrogen-bond acceptors (Lipinski definition) is 6. The molecule has 3 aromatic rings. The number of aryl methyl sites for hydroxylation is 2. The van der Waals surface area contributed by atoms with E-state index in [1.54, 1.807) is 30.3 Å². The first-order valence-corrected chi connectivity index (χ1v) is 11.9. The molecule has 0 spiro atoms. The monoisotopic (exact) mass is 488 g/mol. The Bertz CT molecular complexity index is 1190. The van der Waals surface area contributed by atoms with Crippen molar-refractivity contribution >= 4 is 22.6 Å². The second kappa shape index (κ2) is 10.4. The molecule has 0 radical (unpaired) electrons. The smallest absolute Gasteiger partial charge is 0.235 e. The fourth-order valence-corrected chi connectivity index (χ4v) is 4.59. The Balaban J connectivity index is 1.42. The zero-order chi connectivity index (χ0) is 24.4. The Morgan fingerprint density at radius 1 is 1.12 bits per heavy atom. The van der Waals surface area contributed by atoms with Gasteiger partial charge in [0, 0.05) is 11.1 Å². The van der Waals surface area contributed by atoms with Gasteiger partial charge in [0.05, 0.1) is 5.39 Å². The quantitative estimate of drug-likeness (QED) is 0.531. The number of nitrogens with one attached hydrogen (secondary N) is 1. The molecule has 1 aliphatic heterocycles. The second-order valence-electron chi connectivity index (χ2n) is 9.14. The minimum atomic E-state index is -0.614. The summed E-state index contributed by atoms with van der Waals surface area (Å²) < 4.78 is 23.0. The maximum atomic E-state index is 12.9. The molecule has 2 heterocycles. The van der Waals surface area contributed by atoms with Gasteiger partial charge >= 0.3 is 0 Å². The van der Waals surface area contributed by atoms with E-state index >= 15 is 0 Å². The van der Waals surface area contributed by atoms with Crippen molar-refractivity contribution in [1.29, 1.82) is 0 Å². The van der Waals surface area contributed by atoms with Crippen LogP contribution in [0.1, 0.15) is 25.0 Å². The van der Waals surface area contributed by atoms with Crippen LogP contribution in [0.15, 0.2) is 45.8 Å². The minimum absolute atomic E-state index is 0.0923. The Labute approximate surface area is 203 Å². The summed E-state index contributed by atoms with van der Waals surface area (Å²) in [4.78, 5) is 14.2. The van der Waals surface area contributed by atoms with E-state index in [1.165, 1.54) is 11.2 Å². The molecule has 2 aromatic carbocycles. The van der Waals surface area contributed by atoms with E-state index in [0.29, 0.717) is 34.0 Å². The number of rotatable bonds is 7. The number of benzene rings is 2. The maximum absolute atomic E-state index is 12.9. The van der Waals surface area contributed by atoms with Gasteiger partial charge in [-0.25, -0.2) is 0 Å². The third-order valence-corrected chi connectivity index (χ3v) is 6.53. The average molecular weight is 489 g/mol. The number of aliphatic hydroxyl groups excluding tert-OH is 1. The van der Waals surface area contributed by atoms with Gasteiger partial charge in [0.15, 0.2) is 0 Å². The van der Waals surface area contributed by atoms with Crippen molar-refractivity contribution in [2.24, 2.45) is 0 Å². The summed E-state index contributed by atoms with van der Waals surface area (Å²) in [5, 5.41) is 11.5. The third kappa shape index (κ3) is 5.73. The highest BCUT2D eigenvalue weighted by atomic mass is 35.5. The standard InChI is InChI=1S/C26H30ClNO6/c1-15-7-21(8-16(2)25(15)27)34-24-14-32-23-9-20(5-6-22(23)26(24)30)31-13-19(29)12-28-10-17(3)33-18(4)11-28/h5-9,14,17-19,29H,10-13H2,1-4H3/p+1. The molecule has 7 nitrogen and oxygen atoms in total. The van der Waals surface area contributed by atoms with E-state index in [4.69, 9.17) is 30.2 Å². The van der Waals surface area contributed by atoms with E-state index in [0.717, 1.165) is 24.2 Å². The molecule has 4 rings (SSSR count). The lowest BCUT2D eigenvalue weighted by atomic mass is 10.1. The molecule has 0 amide bonds. The van der Waals surface area contributed by atoms with E-state index in [-0.39, 0.29) is 30.0 Å². The fraction of sp³-hybridized carbons (Fsp3) is 0.423. The molecule has 1 aliphatic rings. The van der Waals surface area contributed by atoms with Gasteiger partial charge in [0.25, 0.3) is 0 Å². The molecule has 34 heavy (non-hydrogen) atoms. The number of fused-ring (bicyclic) bond motifs is 1. The van der Waals surface area contributed by atoms with E-state index in [2.05, 4.69) is 13.8 Å². The molecule has 2 N–H and O–H groups in total. The van der Waals surface area contributed by atoms with Crippen LogP contribution in [0.3, 0.4) is 0 Å². The van der Waals surface area contributed by atoms with Gasteiger partial charge in [-0.1, -0.05) is 11.6 Å². The molecular formula is C26H31ClNO6+. The van der Waals surface area contributed by atoms with Crippen LogP contribution in [0.2, 0.25) is 5.02 Å². The molecule has 1 aromatic heterocycles. The van der Waals surface area contributed by atoms with Crippen LogP contribution in [0, 0.1) is 13.8 Å². The lowest BCUT2D eigenvalue weighted by Gasteiger charge is -2.33. The van der Waals surface area contributed by atoms with Gasteiger partial charge in [-0.2, -0.15) is 0 Å². The van der Waals surface area contributed by atoms with Crippen molar-refractivity contribution in [2.75, 3.05) is 26.2 Å². The van der Waals surface area contributed by atoms with Crippen molar-refractivity contribution < 1.29 is 28.6 Å². The highest BCUT2D eigenvalue weighted by Gasteiger charge is 2.27. The molecular weight excluding hydrogens is 458 g/mol. The number of ether oxygens (including phenoxy) is 3. The van der Waals surface area contributed by atoms with Crippen molar-refractivity contribution in [3.05, 3.63) is 63.0 Å². The van der Waals surface area contributed by atoms with Crippen LogP contribution in [-0.4, -0.2) is 49.7 Å². The van der Waals surface area contributed by atoms with Gasteiger partial charge in [-0.05, 0) is 63.1 Å². The first-order valence-electron chi connectivity index (χ1n) is 11.5. The van der Waals surface area contributed by atoms with Crippen molar-refractivity contribution in [1.82, 2.24) is 0 Å². The summed E-state index contributed by atoms with van der Waals surface area (Å²) in [7, 11) is 0. The minimum Gasteiger partial charge on any atom is -0.491 e. The van der Waals surface area contributed by atoms with Crippen LogP contribution in [0.5, 0.6) is 17.2 Å². The number of hydrogen-bond donors (Lipinski definition) is 2. The summed E-state index contributed by atoms with van der Waals surface area (Å²) >= 11 is 6.21. The predicted molar refractivity (Wildman–Crippen MR) is 131 cm³/mol. The molecule has 8 heteroatoms. The Kier molecular flexibility index (Phi) is 7.48. The number of halogens is 1. The predicted octanol–water partition coefficient (Wildman–Crippen LogP) is 3.29. The van der Waals surface area contributed by atoms with E-state index < -0.39 is 6.10 Å². The molecule has 1 fully saturated rings. The van der Waals surface area contributed by atoms with Gasteiger partial charge in [0.2, 0.25) is 11.2 Å². The Hall–Kier alpha value is -2.58. The van der Waals surface area contributed by atoms with Crippen LogP contribution >= 0.6 is 11.6 Å². The average Bonchev–Trinajstić information content (AvgIpc) is 2.77. The molecule has 0 aliphatic carbocycles. The van der Waals surface area contributed by atoms with Crippen LogP contribution < -0.4 is 19.8 Å². The molecule has 0 saturated carbocycles. The highest BCUT2D eigenvalue weighted by Crippen LogP contribution is 2.29. The van der Waals surface area contributed by atoms with Crippen LogP contribution in [0.25, 0.3) is 11.0 Å². The van der Waals surface area contributed by atoms with Crippen LogP contribution in [0.4, 0.5) is 0 Å². The third-order valence-electron chi connectivity index (χ3n) is 5.94. The largest absolute Gasteiger partial charge is 0.491 e. The topological polar surface area (TPSA) is 82.6 Å². The summed E-state index contributed by atoms with van der Waals surface area (Å²) in [5.41, 5.74) is 1.83. The zero-order valence-electron chi connectivity index (χ0n) is 19.9. The molecule has 1 saturated heterocycles. The number of quaternary nitrogens is 1. The summed E-state index contributed by atoms with van der Waals surface area (Å²) in [6.07, 6.45) is 1.04. The van der Waals surface area contributed by atoms with Gasteiger partial charge in [0.1, 0.15) is 67.9 Å². The lowest BCUT2D eigenvalue weighted by Crippen LogP contribution is -3.16. The first-order chi connectivity index (χ1) is 16.2. The summed E-state index contributed by atoms with van der Waals surface area (Å²) in [5.74, 6) is 1.13. The molecule has 0 bridgehead atoms. The zero-order valence-corrected chi connectivity index (χ0v) is 20.6. The van der Waals surface area contributed by atoms with Gasteiger partial charge in [-0.15, -0.1) is 0 Å². The number of aliphatic hydroxyl groups is 1. The summed E-state index contributed by atoms with van der Waals surface area (Å²) in [6, 6.07) is 8.54. The fourth-order valence-electron chi connectivity index (χ4n) is 4.48. The molecule has 3 unspecified atom stereocenters. The SMILES string of the molecule is Cc1cc(Oc2coc3cc(OCC(O)C[NH+]4CC(C)OC(C)C4)ccc3c2=O)cc(C)c1Cl. The van der Waals surface area contributed by atoms with Gasteiger partial charge in [-0.3, -0.25) is 4.79 Å². The maximum Gasteiger partial charge on any atom is 0.235 e. The van der Waals surface area contributed by atoms with E-state index in [1.807, 2.05) is 13.8 Å². The lowest BCUT2D eigenvalue weighted by molar-refractivity contribution is -0.918. The first kappa shape index (κ1) is 24.5. The van der Waals surface area contributed by atoms with Crippen molar-refractivity contribution in [2.45, 2.75) is 46.0 Å². The van der Waals surface area contributed by atoms with Gasteiger partial charge < -0.3 is 28.6 Å². The molecule has 3 atom stereocenters. The van der Waals surface area contributed by atoms with Crippen molar-refractivity contribution in [3.63, 3.8) is 0 Å². The van der Waals surface area contributed by atoms with Crippen molar-refractivity contribution in [3.8, 4) is 17.2 Å². The second-order valence-corrected chi connectivity index (χ2v) is 9.52. The van der Waals surface area contributed by atoms with E-state index in [9.17, 15) is 9.90 Å². The normalized spacial score (nSPS) is 21.4. The highest BCUT2D eigenvalue weighted by molar-refractivity contribution is 6.32. The van der Waals surface area contributed by atoms with Crippen LogP contribution in [-0.2, 0) is 4.74 Å². The Morgan fingerprint density at radius 2 is 1.79 bits per heavy atom.